The maximum Gasteiger partial charge on any atom is 0.333 e. The van der Waals surface area contributed by atoms with E-state index in [0.717, 1.165) is 44.1 Å². The van der Waals surface area contributed by atoms with Crippen molar-refractivity contribution in [2.24, 2.45) is 23.2 Å². The van der Waals surface area contributed by atoms with Crippen LogP contribution in [0.15, 0.2) is 23.8 Å². The monoisotopic (exact) mass is 516 g/mol. The molecule has 206 valence electrons. The lowest BCUT2D eigenvalue weighted by molar-refractivity contribution is -0.316. The molecule has 37 heavy (non-hydrogen) atoms. The molecular weight excluding hydrogens is 472 g/mol. The van der Waals surface area contributed by atoms with Crippen LogP contribution < -0.4 is 0 Å². The molecule has 1 aliphatic carbocycles. The number of fused-ring (bicyclic) bond motifs is 3. The van der Waals surface area contributed by atoms with Crippen LogP contribution in [0, 0.1) is 23.2 Å². The van der Waals surface area contributed by atoms with E-state index in [0.29, 0.717) is 43.5 Å². The zero-order valence-corrected chi connectivity index (χ0v) is 23.1. The molecule has 4 heterocycles. The number of carbonyl (C=O) groups is 2. The predicted molar refractivity (Wildman–Crippen MR) is 138 cm³/mol. The van der Waals surface area contributed by atoms with Gasteiger partial charge in [-0.15, -0.1) is 0 Å². The lowest BCUT2D eigenvalue weighted by atomic mass is 9.57. The number of carbonyl (C=O) groups excluding carboxylic acids is 2. The third kappa shape index (κ3) is 4.54. The van der Waals surface area contributed by atoms with Gasteiger partial charge in [-0.3, -0.25) is 4.79 Å². The number of esters is 1. The molecule has 1 saturated carbocycles. The molecule has 5 aliphatic rings. The van der Waals surface area contributed by atoms with Crippen molar-refractivity contribution in [3.05, 3.63) is 23.8 Å². The van der Waals surface area contributed by atoms with Gasteiger partial charge in [-0.2, -0.15) is 0 Å². The second-order valence-corrected chi connectivity index (χ2v) is 13.3. The third-order valence-corrected chi connectivity index (χ3v) is 10.1. The number of ether oxygens (including phenoxy) is 4. The van der Waals surface area contributed by atoms with Gasteiger partial charge in [0.05, 0.1) is 19.3 Å². The topological polar surface area (TPSA) is 91.3 Å². The van der Waals surface area contributed by atoms with E-state index in [1.54, 1.807) is 6.08 Å². The second-order valence-electron chi connectivity index (χ2n) is 13.3. The summed E-state index contributed by atoms with van der Waals surface area (Å²) < 4.78 is 24.1. The number of hydrogen-bond donors (Lipinski definition) is 1. The highest BCUT2D eigenvalue weighted by Gasteiger charge is 2.67. The molecule has 0 radical (unpaired) electrons. The first kappa shape index (κ1) is 27.0. The number of aliphatic hydroxyl groups excluding tert-OH is 1. The molecule has 5 fully saturated rings. The summed E-state index contributed by atoms with van der Waals surface area (Å²) in [5.41, 5.74) is 0.0230. The van der Waals surface area contributed by atoms with Crippen LogP contribution in [-0.2, 0) is 28.5 Å². The van der Waals surface area contributed by atoms with Gasteiger partial charge in [-0.1, -0.05) is 26.0 Å². The van der Waals surface area contributed by atoms with Gasteiger partial charge in [0.15, 0.2) is 11.6 Å². The molecule has 1 N–H and O–H groups in total. The molecular formula is C30H44O7. The number of aliphatic hydroxyl groups is 1. The SMILES string of the molecule is C=C1CC[C@@H](CC[C@H]2CC[C@]3(OC2)O[C@H]2C[C@]3(C)OC(C)(C)C2=O)C(C)(C)[C@H]1[C@@H](O)/C=C1\CCOC1=O. The quantitative estimate of drug-likeness (QED) is 0.323. The van der Waals surface area contributed by atoms with Crippen LogP contribution in [0.3, 0.4) is 0 Å². The van der Waals surface area contributed by atoms with Gasteiger partial charge in [-0.25, -0.2) is 4.79 Å². The van der Waals surface area contributed by atoms with E-state index in [2.05, 4.69) is 20.4 Å². The number of ketones is 1. The normalized spacial score (nSPS) is 42.9. The van der Waals surface area contributed by atoms with Crippen LogP contribution in [-0.4, -0.2) is 59.3 Å². The van der Waals surface area contributed by atoms with Crippen LogP contribution in [0.2, 0.25) is 0 Å². The third-order valence-electron chi connectivity index (χ3n) is 10.1. The Bertz CT molecular complexity index is 986. The highest BCUT2D eigenvalue weighted by Crippen LogP contribution is 2.55. The second kappa shape index (κ2) is 9.29. The first-order chi connectivity index (χ1) is 17.3. The predicted octanol–water partition coefficient (Wildman–Crippen LogP) is 4.66. The smallest absolute Gasteiger partial charge is 0.333 e. The number of cyclic esters (lactones) is 1. The van der Waals surface area contributed by atoms with Crippen LogP contribution in [0.4, 0.5) is 0 Å². The summed E-state index contributed by atoms with van der Waals surface area (Å²) in [5.74, 6) is -0.394. The Kier molecular flexibility index (Phi) is 6.79. The average molecular weight is 517 g/mol. The highest BCUT2D eigenvalue weighted by atomic mass is 16.7. The summed E-state index contributed by atoms with van der Waals surface area (Å²) >= 11 is 0. The van der Waals surface area contributed by atoms with Crippen LogP contribution >= 0.6 is 0 Å². The molecule has 7 atom stereocenters. The first-order valence-electron chi connectivity index (χ1n) is 14.1. The van der Waals surface area contributed by atoms with Crippen molar-refractivity contribution in [3.8, 4) is 0 Å². The van der Waals surface area contributed by atoms with Gasteiger partial charge in [0.25, 0.3) is 0 Å². The summed E-state index contributed by atoms with van der Waals surface area (Å²) in [7, 11) is 0. The molecule has 0 amide bonds. The van der Waals surface area contributed by atoms with Crippen molar-refractivity contribution >= 4 is 11.8 Å². The minimum Gasteiger partial charge on any atom is -0.462 e. The fourth-order valence-electron chi connectivity index (χ4n) is 7.92. The van der Waals surface area contributed by atoms with E-state index in [9.17, 15) is 14.7 Å². The van der Waals surface area contributed by atoms with Gasteiger partial charge in [-0.05, 0) is 76.2 Å². The van der Waals surface area contributed by atoms with E-state index in [-0.39, 0.29) is 23.1 Å². The summed E-state index contributed by atoms with van der Waals surface area (Å²) in [4.78, 5) is 24.7. The van der Waals surface area contributed by atoms with E-state index >= 15 is 0 Å². The molecule has 4 aliphatic heterocycles. The largest absolute Gasteiger partial charge is 0.462 e. The van der Waals surface area contributed by atoms with Crippen LogP contribution in [0.25, 0.3) is 0 Å². The van der Waals surface area contributed by atoms with Gasteiger partial charge < -0.3 is 24.1 Å². The Morgan fingerprint density at radius 2 is 1.86 bits per heavy atom. The molecule has 0 aromatic heterocycles. The molecule has 1 spiro atoms. The number of Topliss-reactive ketones (excluding diaryl/α,β-unsaturated/α-hetero) is 1. The Hall–Kier alpha value is -1.54. The van der Waals surface area contributed by atoms with Gasteiger partial charge in [0.1, 0.15) is 17.3 Å². The number of rotatable bonds is 5. The molecule has 0 aromatic carbocycles. The fraction of sp³-hybridized carbons (Fsp3) is 0.800. The van der Waals surface area contributed by atoms with Gasteiger partial charge in [0.2, 0.25) is 0 Å². The van der Waals surface area contributed by atoms with Crippen molar-refractivity contribution < 1.29 is 33.6 Å². The summed E-state index contributed by atoms with van der Waals surface area (Å²) in [5, 5.41) is 11.2. The molecule has 0 aromatic rings. The fourth-order valence-corrected chi connectivity index (χ4v) is 7.92. The Labute approximate surface area is 220 Å². The summed E-state index contributed by atoms with van der Waals surface area (Å²) in [6.45, 7) is 15.5. The molecule has 7 nitrogen and oxygen atoms in total. The average Bonchev–Trinajstić information content (AvgIpc) is 3.31. The lowest BCUT2D eigenvalue weighted by Gasteiger charge is -2.49. The maximum absolute atomic E-state index is 12.7. The minimum atomic E-state index is -0.854. The van der Waals surface area contributed by atoms with Crippen LogP contribution in [0.1, 0.15) is 86.0 Å². The Balaban J connectivity index is 1.20. The van der Waals surface area contributed by atoms with Crippen molar-refractivity contribution in [2.75, 3.05) is 13.2 Å². The van der Waals surface area contributed by atoms with E-state index in [1.807, 2.05) is 20.8 Å². The van der Waals surface area contributed by atoms with Crippen molar-refractivity contribution in [1.29, 1.82) is 0 Å². The van der Waals surface area contributed by atoms with E-state index < -0.39 is 29.2 Å². The summed E-state index contributed by atoms with van der Waals surface area (Å²) in [6.07, 6.45) is 7.35. The van der Waals surface area contributed by atoms with Crippen molar-refractivity contribution in [1.82, 2.24) is 0 Å². The molecule has 4 saturated heterocycles. The lowest BCUT2D eigenvalue weighted by Crippen LogP contribution is -2.59. The van der Waals surface area contributed by atoms with Crippen molar-refractivity contribution in [2.45, 2.75) is 115 Å². The Morgan fingerprint density at radius 1 is 1.11 bits per heavy atom. The Morgan fingerprint density at radius 3 is 2.51 bits per heavy atom. The van der Waals surface area contributed by atoms with E-state index in [1.165, 1.54) is 0 Å². The molecule has 7 heteroatoms. The molecule has 0 unspecified atom stereocenters. The zero-order valence-electron chi connectivity index (χ0n) is 23.1. The minimum absolute atomic E-state index is 0.00546. The summed E-state index contributed by atoms with van der Waals surface area (Å²) in [6, 6.07) is 0. The van der Waals surface area contributed by atoms with Gasteiger partial charge >= 0.3 is 5.97 Å². The zero-order chi connectivity index (χ0) is 26.8. The van der Waals surface area contributed by atoms with E-state index in [4.69, 9.17) is 18.9 Å². The number of hydrogen-bond acceptors (Lipinski definition) is 7. The highest BCUT2D eigenvalue weighted by molar-refractivity contribution is 5.92. The van der Waals surface area contributed by atoms with Crippen LogP contribution in [0.5, 0.6) is 0 Å². The van der Waals surface area contributed by atoms with Gasteiger partial charge in [0, 0.05) is 30.8 Å². The molecule has 5 rings (SSSR count). The standard InChI is InChI=1S/C30H44O7/c1-18-7-9-21(27(2,3)24(18)22(31)15-20-12-14-34-26(20)33)10-8-19-11-13-30(35-17-19)29(6)16-23(36-30)25(32)28(4,5)37-29/h15,19,21-24,31H,1,7-14,16-17H2,2-6H3/b20-15+/t19-,21-,22-,23-,24+,29-,30-/m0/s1. The maximum atomic E-state index is 12.7. The molecule has 2 bridgehead atoms. The first-order valence-corrected chi connectivity index (χ1v) is 14.1. The van der Waals surface area contributed by atoms with Crippen molar-refractivity contribution in [3.63, 3.8) is 0 Å².